The van der Waals surface area contributed by atoms with Crippen LogP contribution in [0.15, 0.2) is 0 Å². The van der Waals surface area contributed by atoms with E-state index in [-0.39, 0.29) is 0 Å². The molecule has 0 aromatic heterocycles. The third-order valence-corrected chi connectivity index (χ3v) is 1.24. The van der Waals surface area contributed by atoms with E-state index in [2.05, 4.69) is 0 Å². The second kappa shape index (κ2) is 32.8. The van der Waals surface area contributed by atoms with E-state index in [1.165, 1.54) is 0 Å². The van der Waals surface area contributed by atoms with Gasteiger partial charge in [-0.05, 0) is 0 Å². The lowest BCUT2D eigenvalue weighted by atomic mass is 10.4. The van der Waals surface area contributed by atoms with Crippen LogP contribution < -0.4 is 11.5 Å². The molecule has 0 fully saturated rings. The summed E-state index contributed by atoms with van der Waals surface area (Å²) < 4.78 is 0. The number of nitrogens with zero attached hydrogens (tertiary/aromatic N) is 1. The van der Waals surface area contributed by atoms with Crippen LogP contribution in [0.1, 0.15) is 27.7 Å². The van der Waals surface area contributed by atoms with Crippen LogP contribution in [0.5, 0.6) is 0 Å². The van der Waals surface area contributed by atoms with E-state index in [9.17, 15) is 14.4 Å². The van der Waals surface area contributed by atoms with E-state index in [0.29, 0.717) is 13.1 Å². The maximum atomic E-state index is 10.1. The summed E-state index contributed by atoms with van der Waals surface area (Å²) >= 11 is 0. The molecule has 0 saturated heterocycles. The molecule has 0 heterocycles. The molecule has 0 atom stereocenters. The zero-order valence-corrected chi connectivity index (χ0v) is 18.6. The molecule has 0 spiro atoms. The fraction of sp³-hybridized carbons (Fsp3) is 0.562. The molecule has 17 heteroatoms. The van der Waals surface area contributed by atoms with E-state index < -0.39 is 61.4 Å². The van der Waals surface area contributed by atoms with E-state index in [4.69, 9.17) is 66.4 Å². The number of rotatable bonds is 7. The van der Waals surface area contributed by atoms with Gasteiger partial charge < -0.3 is 47.2 Å². The minimum atomic E-state index is -1.26. The molecule has 17 nitrogen and oxygen atoms in total. The van der Waals surface area contributed by atoms with Crippen molar-refractivity contribution in [3.05, 3.63) is 0 Å². The minimum absolute atomic E-state index is 0.597. The first-order chi connectivity index (χ1) is 14.8. The van der Waals surface area contributed by atoms with Crippen LogP contribution in [0.4, 0.5) is 0 Å². The maximum absolute atomic E-state index is 10.1. The Bertz CT molecular complexity index is 477. The first-order valence-corrected chi connectivity index (χ1v) is 8.32. The molecule has 0 aliphatic rings. The molecule has 0 aliphatic heterocycles. The van der Waals surface area contributed by atoms with Gasteiger partial charge in [-0.1, -0.05) is 0 Å². The van der Waals surface area contributed by atoms with Gasteiger partial charge >= 0.3 is 17.9 Å². The zero-order chi connectivity index (χ0) is 28.2. The Morgan fingerprint density at radius 1 is 0.485 bits per heavy atom. The lowest BCUT2D eigenvalue weighted by molar-refractivity contribution is -0.145. The predicted molar refractivity (Wildman–Crippen MR) is 111 cm³/mol. The van der Waals surface area contributed by atoms with Crippen molar-refractivity contribution >= 4 is 41.8 Å². The largest absolute Gasteiger partial charge is 0.481 e. The van der Waals surface area contributed by atoms with Crippen LogP contribution in [0, 0.1) is 0 Å². The van der Waals surface area contributed by atoms with Gasteiger partial charge in [0.2, 0.25) is 0 Å². The summed E-state index contributed by atoms with van der Waals surface area (Å²) in [4.78, 5) is 67.2. The Labute approximate surface area is 188 Å². The molecule has 0 bridgehead atoms. The highest BCUT2D eigenvalue weighted by atomic mass is 16.4. The van der Waals surface area contributed by atoms with Crippen LogP contribution in [0.3, 0.4) is 0 Å². The maximum Gasteiger partial charge on any atom is 0.317 e. The van der Waals surface area contributed by atoms with Crippen molar-refractivity contribution in [2.45, 2.75) is 27.7 Å². The third-order valence-electron chi connectivity index (χ3n) is 1.24. The van der Waals surface area contributed by atoms with Crippen molar-refractivity contribution in [3.63, 3.8) is 0 Å². The Balaban J connectivity index is -0.0000000754. The van der Waals surface area contributed by atoms with Gasteiger partial charge in [0.1, 0.15) is 0 Å². The summed E-state index contributed by atoms with van der Waals surface area (Å²) in [6.45, 7) is 3.73. The van der Waals surface area contributed by atoms with E-state index in [1.54, 1.807) is 0 Å². The summed E-state index contributed by atoms with van der Waals surface area (Å²) in [6.07, 6.45) is 0. The molecular weight excluding hydrogens is 458 g/mol. The Hall–Kier alpha value is -3.83. The number of carbonyl (C=O) groups is 7. The first-order valence-electron chi connectivity index (χ1n) is 8.32. The van der Waals surface area contributed by atoms with Crippen molar-refractivity contribution < 1.29 is 69.3 Å². The predicted octanol–water partition coefficient (Wildman–Crippen LogP) is -2.19. The van der Waals surface area contributed by atoms with Gasteiger partial charge in [-0.3, -0.25) is 38.5 Å². The van der Waals surface area contributed by atoms with Crippen molar-refractivity contribution in [1.82, 2.24) is 4.90 Å². The highest BCUT2D eigenvalue weighted by molar-refractivity contribution is 5.75. The molecule has 0 aliphatic carbocycles. The lowest BCUT2D eigenvalue weighted by Crippen LogP contribution is -2.38. The standard InChI is InChI=1S/C6H9NO6.C2H8N2.4C2H4O2/c8-4(9)1-7(2-5(10)11)3-6(12)13;3-1-2-4;4*1-2(3)4/h1-3H2,(H,8,9)(H,10,11)(H,12,13);1-4H2;4*1H3,(H,3,4). The normalized spacial score (nSPS) is 7.85. The molecule has 0 unspecified atom stereocenters. The van der Waals surface area contributed by atoms with Crippen LogP contribution in [-0.4, -0.2) is 115 Å². The van der Waals surface area contributed by atoms with Crippen molar-refractivity contribution in [2.24, 2.45) is 11.5 Å². The fourth-order valence-electron chi connectivity index (χ4n) is 0.742. The topological polar surface area (TPSA) is 316 Å². The van der Waals surface area contributed by atoms with Crippen molar-refractivity contribution in [1.29, 1.82) is 0 Å². The van der Waals surface area contributed by atoms with Gasteiger partial charge in [0.05, 0.1) is 19.6 Å². The molecule has 0 rings (SSSR count). The van der Waals surface area contributed by atoms with Gasteiger partial charge in [-0.2, -0.15) is 0 Å². The highest BCUT2D eigenvalue weighted by Gasteiger charge is 2.15. The first kappa shape index (κ1) is 43.1. The van der Waals surface area contributed by atoms with Crippen LogP contribution >= 0.6 is 0 Å². The number of hydrogen-bond acceptors (Lipinski definition) is 10. The van der Waals surface area contributed by atoms with Gasteiger partial charge in [-0.15, -0.1) is 0 Å². The fourth-order valence-corrected chi connectivity index (χ4v) is 0.742. The smallest absolute Gasteiger partial charge is 0.317 e. The molecule has 0 saturated carbocycles. The number of carboxylic acid groups (broad SMARTS) is 7. The minimum Gasteiger partial charge on any atom is -0.481 e. The quantitative estimate of drug-likeness (QED) is 0.182. The molecule has 11 N–H and O–H groups in total. The molecule has 0 radical (unpaired) electrons. The van der Waals surface area contributed by atoms with Crippen molar-refractivity contribution in [3.8, 4) is 0 Å². The number of carboxylic acids is 7. The molecule has 196 valence electrons. The molecule has 0 aromatic rings. The van der Waals surface area contributed by atoms with Gasteiger partial charge in [0.25, 0.3) is 23.9 Å². The Morgan fingerprint density at radius 2 is 0.606 bits per heavy atom. The summed E-state index contributed by atoms with van der Waals surface area (Å²) in [7, 11) is 0. The van der Waals surface area contributed by atoms with Crippen LogP contribution in [-0.2, 0) is 33.6 Å². The number of hydrogen-bond donors (Lipinski definition) is 9. The van der Waals surface area contributed by atoms with Gasteiger partial charge in [0, 0.05) is 40.8 Å². The SMILES string of the molecule is CC(=O)O.CC(=O)O.CC(=O)O.CC(=O)O.NCCN.O=C(O)CN(CC(=O)O)CC(=O)O. The molecule has 0 amide bonds. The van der Waals surface area contributed by atoms with E-state index in [0.717, 1.165) is 32.6 Å². The zero-order valence-electron chi connectivity index (χ0n) is 18.6. The molecular formula is C16H33N3O14. The summed E-state index contributed by atoms with van der Waals surface area (Å²) in [6, 6.07) is 0. The number of aliphatic carboxylic acids is 7. The third kappa shape index (κ3) is 229. The number of nitrogens with two attached hydrogens (primary N) is 2. The van der Waals surface area contributed by atoms with Gasteiger partial charge in [0.15, 0.2) is 0 Å². The van der Waals surface area contributed by atoms with E-state index >= 15 is 0 Å². The van der Waals surface area contributed by atoms with Crippen molar-refractivity contribution in [2.75, 3.05) is 32.7 Å². The average molecular weight is 491 g/mol. The Morgan fingerprint density at radius 3 is 0.667 bits per heavy atom. The van der Waals surface area contributed by atoms with E-state index in [1.807, 2.05) is 0 Å². The average Bonchev–Trinajstić information content (AvgIpc) is 2.50. The van der Waals surface area contributed by atoms with Crippen LogP contribution in [0.25, 0.3) is 0 Å². The highest BCUT2D eigenvalue weighted by Crippen LogP contribution is 1.87. The summed E-state index contributed by atoms with van der Waals surface area (Å²) in [5.74, 6) is -7.12. The molecule has 33 heavy (non-hydrogen) atoms. The second-order valence-corrected chi connectivity index (χ2v) is 4.98. The second-order valence-electron chi connectivity index (χ2n) is 4.98. The monoisotopic (exact) mass is 491 g/mol. The van der Waals surface area contributed by atoms with Gasteiger partial charge in [-0.25, -0.2) is 0 Å². The lowest BCUT2D eigenvalue weighted by Gasteiger charge is -2.14. The summed E-state index contributed by atoms with van der Waals surface area (Å²) in [5.41, 5.74) is 9.81. The van der Waals surface area contributed by atoms with Crippen LogP contribution in [0.2, 0.25) is 0 Å². The molecule has 0 aromatic carbocycles. The summed E-state index contributed by atoms with van der Waals surface area (Å²) in [5, 5.41) is 54.5. The Kier molecular flexibility index (Phi) is 42.9.